The molecule has 1 rings (SSSR count). The number of carboxylic acids is 1. The summed E-state index contributed by atoms with van der Waals surface area (Å²) in [6, 6.07) is 7.48. The number of rotatable bonds is 8. The van der Waals surface area contributed by atoms with Crippen molar-refractivity contribution in [1.82, 2.24) is 4.90 Å². The molecule has 1 aromatic carbocycles. The minimum atomic E-state index is -0.885. The zero-order valence-electron chi connectivity index (χ0n) is 12.5. The number of amides is 1. The van der Waals surface area contributed by atoms with Crippen molar-refractivity contribution in [1.29, 1.82) is 0 Å². The normalized spacial score (nSPS) is 11.8. The summed E-state index contributed by atoms with van der Waals surface area (Å²) in [7, 11) is 1.61. The first-order valence-corrected chi connectivity index (χ1v) is 7.73. The monoisotopic (exact) mass is 311 g/mol. The SMILES string of the molecule is CCN(CC(C)C(=O)O)C(=O)CSc1ccc(OC)cc1. The van der Waals surface area contributed by atoms with Crippen LogP contribution in [0.5, 0.6) is 5.75 Å². The van der Waals surface area contributed by atoms with Gasteiger partial charge in [0.25, 0.3) is 0 Å². The second-order valence-corrected chi connectivity index (χ2v) is 5.68. The molecule has 1 aromatic rings. The molecule has 1 atom stereocenters. The van der Waals surface area contributed by atoms with E-state index in [-0.39, 0.29) is 12.5 Å². The van der Waals surface area contributed by atoms with Gasteiger partial charge in [0, 0.05) is 18.0 Å². The Morgan fingerprint density at radius 2 is 1.95 bits per heavy atom. The molecule has 0 heterocycles. The fourth-order valence-electron chi connectivity index (χ4n) is 1.72. The highest BCUT2D eigenvalue weighted by molar-refractivity contribution is 8.00. The Morgan fingerprint density at radius 1 is 1.33 bits per heavy atom. The van der Waals surface area contributed by atoms with Crippen molar-refractivity contribution in [3.8, 4) is 5.75 Å². The Labute approximate surface area is 129 Å². The summed E-state index contributed by atoms with van der Waals surface area (Å²) >= 11 is 1.43. The van der Waals surface area contributed by atoms with Crippen LogP contribution in [0.25, 0.3) is 0 Å². The number of hydrogen-bond acceptors (Lipinski definition) is 4. The van der Waals surface area contributed by atoms with E-state index in [1.165, 1.54) is 11.8 Å². The van der Waals surface area contributed by atoms with Gasteiger partial charge in [-0.1, -0.05) is 6.92 Å². The summed E-state index contributed by atoms with van der Waals surface area (Å²) in [6.07, 6.45) is 0. The highest BCUT2D eigenvalue weighted by atomic mass is 32.2. The average molecular weight is 311 g/mol. The van der Waals surface area contributed by atoms with E-state index in [9.17, 15) is 9.59 Å². The summed E-state index contributed by atoms with van der Waals surface area (Å²) < 4.78 is 5.08. The van der Waals surface area contributed by atoms with Gasteiger partial charge >= 0.3 is 5.97 Å². The van der Waals surface area contributed by atoms with Crippen LogP contribution >= 0.6 is 11.8 Å². The Bertz CT molecular complexity index is 475. The maximum Gasteiger partial charge on any atom is 0.308 e. The molecule has 0 fully saturated rings. The third kappa shape index (κ3) is 5.67. The molecule has 0 aliphatic carbocycles. The zero-order chi connectivity index (χ0) is 15.8. The molecule has 1 N–H and O–H groups in total. The van der Waals surface area contributed by atoms with E-state index >= 15 is 0 Å². The lowest BCUT2D eigenvalue weighted by molar-refractivity contribution is -0.142. The number of aliphatic carboxylic acids is 1. The molecule has 0 bridgehead atoms. The molecule has 0 aliphatic rings. The first kappa shape index (κ1) is 17.4. The van der Waals surface area contributed by atoms with E-state index in [0.717, 1.165) is 10.6 Å². The summed E-state index contributed by atoms with van der Waals surface area (Å²) in [4.78, 5) is 25.5. The van der Waals surface area contributed by atoms with Crippen LogP contribution in [0.15, 0.2) is 29.2 Å². The van der Waals surface area contributed by atoms with Crippen LogP contribution in [0.1, 0.15) is 13.8 Å². The van der Waals surface area contributed by atoms with Crippen LogP contribution in [0.2, 0.25) is 0 Å². The molecule has 6 heteroatoms. The minimum Gasteiger partial charge on any atom is -0.497 e. The molecular formula is C15H21NO4S. The fraction of sp³-hybridized carbons (Fsp3) is 0.467. The Kier molecular flexibility index (Phi) is 7.08. The topological polar surface area (TPSA) is 66.8 Å². The lowest BCUT2D eigenvalue weighted by atomic mass is 10.2. The number of thioether (sulfide) groups is 1. The largest absolute Gasteiger partial charge is 0.497 e. The Morgan fingerprint density at radius 3 is 2.43 bits per heavy atom. The maximum absolute atomic E-state index is 12.1. The number of nitrogens with zero attached hydrogens (tertiary/aromatic N) is 1. The lowest BCUT2D eigenvalue weighted by Gasteiger charge is -2.22. The van der Waals surface area contributed by atoms with Crippen molar-refractivity contribution < 1.29 is 19.4 Å². The molecule has 21 heavy (non-hydrogen) atoms. The van der Waals surface area contributed by atoms with Crippen LogP contribution < -0.4 is 4.74 Å². The standard InChI is InChI=1S/C15H21NO4S/c1-4-16(9-11(2)15(18)19)14(17)10-21-13-7-5-12(20-3)6-8-13/h5-8,11H,4,9-10H2,1-3H3,(H,18,19). The van der Waals surface area contributed by atoms with Crippen LogP contribution in [0.3, 0.4) is 0 Å². The van der Waals surface area contributed by atoms with E-state index in [1.54, 1.807) is 18.9 Å². The van der Waals surface area contributed by atoms with Gasteiger partial charge in [-0.15, -0.1) is 11.8 Å². The molecule has 0 radical (unpaired) electrons. The van der Waals surface area contributed by atoms with E-state index in [2.05, 4.69) is 0 Å². The highest BCUT2D eigenvalue weighted by Crippen LogP contribution is 2.21. The van der Waals surface area contributed by atoms with Crippen LogP contribution in [0, 0.1) is 5.92 Å². The molecular weight excluding hydrogens is 290 g/mol. The fourth-order valence-corrected chi connectivity index (χ4v) is 2.53. The third-order valence-corrected chi connectivity index (χ3v) is 4.07. The van der Waals surface area contributed by atoms with E-state index in [4.69, 9.17) is 9.84 Å². The number of ether oxygens (including phenoxy) is 1. The van der Waals surface area contributed by atoms with Crippen molar-refractivity contribution >= 4 is 23.6 Å². The van der Waals surface area contributed by atoms with Crippen molar-refractivity contribution in [3.05, 3.63) is 24.3 Å². The smallest absolute Gasteiger partial charge is 0.308 e. The maximum atomic E-state index is 12.1. The molecule has 0 aliphatic heterocycles. The van der Waals surface area contributed by atoms with E-state index in [1.807, 2.05) is 31.2 Å². The summed E-state index contributed by atoms with van der Waals surface area (Å²) in [6.45, 7) is 4.22. The predicted molar refractivity (Wildman–Crippen MR) is 82.8 cm³/mol. The van der Waals surface area contributed by atoms with Gasteiger partial charge in [0.15, 0.2) is 0 Å². The first-order chi connectivity index (χ1) is 9.97. The minimum absolute atomic E-state index is 0.0496. The predicted octanol–water partition coefficient (Wildman–Crippen LogP) is 2.36. The van der Waals surface area contributed by atoms with Gasteiger partial charge in [-0.3, -0.25) is 9.59 Å². The molecule has 0 saturated carbocycles. The molecule has 116 valence electrons. The molecule has 0 saturated heterocycles. The average Bonchev–Trinajstić information content (AvgIpc) is 2.50. The molecule has 1 unspecified atom stereocenters. The van der Waals surface area contributed by atoms with Crippen LogP contribution in [-0.2, 0) is 9.59 Å². The molecule has 5 nitrogen and oxygen atoms in total. The summed E-state index contributed by atoms with van der Waals surface area (Å²) in [5.74, 6) is -0.418. The van der Waals surface area contributed by atoms with Crippen molar-refractivity contribution in [2.45, 2.75) is 18.7 Å². The number of carbonyl (C=O) groups excluding carboxylic acids is 1. The van der Waals surface area contributed by atoms with Gasteiger partial charge < -0.3 is 14.7 Å². The quantitative estimate of drug-likeness (QED) is 0.747. The van der Waals surface area contributed by atoms with Gasteiger partial charge in [-0.2, -0.15) is 0 Å². The lowest BCUT2D eigenvalue weighted by Crippen LogP contribution is -2.37. The molecule has 1 amide bonds. The second-order valence-electron chi connectivity index (χ2n) is 4.64. The first-order valence-electron chi connectivity index (χ1n) is 6.75. The van der Waals surface area contributed by atoms with Crippen molar-refractivity contribution in [2.24, 2.45) is 5.92 Å². The van der Waals surface area contributed by atoms with E-state index in [0.29, 0.717) is 12.3 Å². The van der Waals surface area contributed by atoms with Crippen LogP contribution in [-0.4, -0.2) is 47.8 Å². The van der Waals surface area contributed by atoms with Gasteiger partial charge in [-0.25, -0.2) is 0 Å². The number of benzene rings is 1. The van der Waals surface area contributed by atoms with Crippen LogP contribution in [0.4, 0.5) is 0 Å². The summed E-state index contributed by atoms with van der Waals surface area (Å²) in [5.41, 5.74) is 0. The molecule has 0 aromatic heterocycles. The van der Waals surface area contributed by atoms with E-state index < -0.39 is 11.9 Å². The Hall–Kier alpha value is -1.69. The summed E-state index contributed by atoms with van der Waals surface area (Å²) in [5, 5.41) is 8.91. The van der Waals surface area contributed by atoms with Gasteiger partial charge in [0.05, 0.1) is 18.8 Å². The number of hydrogen-bond donors (Lipinski definition) is 1. The van der Waals surface area contributed by atoms with Gasteiger partial charge in [0.2, 0.25) is 5.91 Å². The highest BCUT2D eigenvalue weighted by Gasteiger charge is 2.19. The number of carboxylic acid groups (broad SMARTS) is 1. The van der Waals surface area contributed by atoms with Crippen molar-refractivity contribution in [3.63, 3.8) is 0 Å². The number of carbonyl (C=O) groups is 2. The second kappa shape index (κ2) is 8.56. The third-order valence-electron chi connectivity index (χ3n) is 3.07. The van der Waals surface area contributed by atoms with Crippen molar-refractivity contribution in [2.75, 3.05) is 26.0 Å². The van der Waals surface area contributed by atoms with Gasteiger partial charge in [0.1, 0.15) is 5.75 Å². The zero-order valence-corrected chi connectivity index (χ0v) is 13.4. The Balaban J connectivity index is 2.51. The molecule has 0 spiro atoms. The number of methoxy groups -OCH3 is 1. The van der Waals surface area contributed by atoms with Gasteiger partial charge in [-0.05, 0) is 31.2 Å².